The Kier molecular flexibility index (Phi) is 6.59. The van der Waals surface area contributed by atoms with Crippen molar-refractivity contribution in [1.82, 2.24) is 9.62 Å². The highest BCUT2D eigenvalue weighted by atomic mass is 32.2. The molecule has 2 aromatic carbocycles. The second kappa shape index (κ2) is 8.97. The van der Waals surface area contributed by atoms with Gasteiger partial charge in [-0.15, -0.1) is 0 Å². The van der Waals surface area contributed by atoms with E-state index in [1.807, 2.05) is 50.2 Å². The lowest BCUT2D eigenvalue weighted by molar-refractivity contribution is 0.0950. The first kappa shape index (κ1) is 21.3. The molecule has 1 amide bonds. The standard InChI is InChI=1S/C22H29N3O3S/c1-17-8-4-5-13-25(17)29(27,28)21-12-7-10-19(15-21)22(26)23-16-18-9-6-11-20(14-18)24(2)3/h6-7,9-12,14-15,17H,4-5,8,13,16H2,1-3H3,(H,23,26). The number of hydrogen-bond acceptors (Lipinski definition) is 4. The summed E-state index contributed by atoms with van der Waals surface area (Å²) in [6, 6.07) is 14.2. The first-order valence-electron chi connectivity index (χ1n) is 9.95. The number of anilines is 1. The second-order valence-electron chi connectivity index (χ2n) is 7.74. The van der Waals surface area contributed by atoms with E-state index in [1.54, 1.807) is 22.5 Å². The number of nitrogens with zero attached hydrogens (tertiary/aromatic N) is 2. The van der Waals surface area contributed by atoms with Crippen LogP contribution in [0.1, 0.15) is 42.1 Å². The van der Waals surface area contributed by atoms with E-state index in [0.717, 1.165) is 30.5 Å². The van der Waals surface area contributed by atoms with E-state index in [4.69, 9.17) is 0 Å². The lowest BCUT2D eigenvalue weighted by Crippen LogP contribution is -2.42. The smallest absolute Gasteiger partial charge is 0.251 e. The third-order valence-electron chi connectivity index (χ3n) is 5.32. The summed E-state index contributed by atoms with van der Waals surface area (Å²) in [6.45, 7) is 2.85. The zero-order chi connectivity index (χ0) is 21.0. The third-order valence-corrected chi connectivity index (χ3v) is 7.33. The molecule has 7 heteroatoms. The van der Waals surface area contributed by atoms with Crippen molar-refractivity contribution in [3.05, 3.63) is 59.7 Å². The zero-order valence-corrected chi connectivity index (χ0v) is 18.1. The molecule has 6 nitrogen and oxygen atoms in total. The van der Waals surface area contributed by atoms with Crippen molar-refractivity contribution in [3.8, 4) is 0 Å². The Hall–Kier alpha value is -2.38. The molecule has 0 spiro atoms. The van der Waals surface area contributed by atoms with Crippen LogP contribution in [-0.4, -0.2) is 45.3 Å². The SMILES string of the molecule is CC1CCCCN1S(=O)(=O)c1cccc(C(=O)NCc2cccc(N(C)C)c2)c1. The fraction of sp³-hybridized carbons (Fsp3) is 0.409. The van der Waals surface area contributed by atoms with Crippen molar-refractivity contribution in [3.63, 3.8) is 0 Å². The minimum Gasteiger partial charge on any atom is -0.378 e. The number of hydrogen-bond donors (Lipinski definition) is 1. The molecule has 1 atom stereocenters. The summed E-state index contributed by atoms with van der Waals surface area (Å²) in [6.07, 6.45) is 2.78. The molecule has 0 saturated carbocycles. The van der Waals surface area contributed by atoms with Crippen LogP contribution < -0.4 is 10.2 Å². The van der Waals surface area contributed by atoms with Crippen LogP contribution in [0.2, 0.25) is 0 Å². The highest BCUT2D eigenvalue weighted by molar-refractivity contribution is 7.89. The number of piperidine rings is 1. The van der Waals surface area contributed by atoms with Gasteiger partial charge in [0.15, 0.2) is 0 Å². The van der Waals surface area contributed by atoms with E-state index in [2.05, 4.69) is 5.32 Å². The molecule has 29 heavy (non-hydrogen) atoms. The van der Waals surface area contributed by atoms with Crippen LogP contribution in [0.25, 0.3) is 0 Å². The van der Waals surface area contributed by atoms with Crippen LogP contribution in [0, 0.1) is 0 Å². The van der Waals surface area contributed by atoms with Gasteiger partial charge in [0, 0.05) is 44.5 Å². The van der Waals surface area contributed by atoms with Crippen LogP contribution in [0.4, 0.5) is 5.69 Å². The average Bonchev–Trinajstić information content (AvgIpc) is 2.72. The minimum absolute atomic E-state index is 0.0183. The number of amides is 1. The van der Waals surface area contributed by atoms with Crippen molar-refractivity contribution < 1.29 is 13.2 Å². The number of nitrogens with one attached hydrogen (secondary N) is 1. The molecule has 1 N–H and O–H groups in total. The van der Waals surface area contributed by atoms with Gasteiger partial charge in [-0.3, -0.25) is 4.79 Å². The molecule has 1 fully saturated rings. The van der Waals surface area contributed by atoms with Gasteiger partial charge in [-0.1, -0.05) is 24.6 Å². The van der Waals surface area contributed by atoms with E-state index in [1.165, 1.54) is 6.07 Å². The summed E-state index contributed by atoms with van der Waals surface area (Å²) in [5.41, 5.74) is 2.38. The lowest BCUT2D eigenvalue weighted by Gasteiger charge is -2.32. The summed E-state index contributed by atoms with van der Waals surface area (Å²) in [7, 11) is 0.329. The normalized spacial score (nSPS) is 17.7. The molecule has 1 saturated heterocycles. The van der Waals surface area contributed by atoms with E-state index in [0.29, 0.717) is 18.7 Å². The second-order valence-corrected chi connectivity index (χ2v) is 9.63. The summed E-state index contributed by atoms with van der Waals surface area (Å²) < 4.78 is 27.6. The Morgan fingerprint density at radius 3 is 2.62 bits per heavy atom. The Labute approximate surface area is 173 Å². The highest BCUT2D eigenvalue weighted by Gasteiger charge is 2.31. The van der Waals surface area contributed by atoms with Crippen LogP contribution in [0.15, 0.2) is 53.4 Å². The number of rotatable bonds is 6. The van der Waals surface area contributed by atoms with E-state index < -0.39 is 10.0 Å². The van der Waals surface area contributed by atoms with Crippen molar-refractivity contribution in [2.45, 2.75) is 43.7 Å². The van der Waals surface area contributed by atoms with E-state index in [9.17, 15) is 13.2 Å². The molecule has 2 aromatic rings. The average molecular weight is 416 g/mol. The Balaban J connectivity index is 1.73. The molecule has 156 valence electrons. The van der Waals surface area contributed by atoms with Gasteiger partial charge in [0.25, 0.3) is 5.91 Å². The van der Waals surface area contributed by atoms with Gasteiger partial charge in [-0.05, 0) is 55.7 Å². The third kappa shape index (κ3) is 4.97. The molecule has 1 aliphatic rings. The molecule has 0 bridgehead atoms. The summed E-state index contributed by atoms with van der Waals surface area (Å²) in [5.74, 6) is -0.288. The first-order chi connectivity index (χ1) is 13.8. The minimum atomic E-state index is -3.60. The molecule has 1 unspecified atom stereocenters. The van der Waals surface area contributed by atoms with Gasteiger partial charge >= 0.3 is 0 Å². The van der Waals surface area contributed by atoms with Gasteiger partial charge in [0.05, 0.1) is 4.90 Å². The quantitative estimate of drug-likeness (QED) is 0.786. The van der Waals surface area contributed by atoms with Crippen LogP contribution >= 0.6 is 0 Å². The molecular formula is C22H29N3O3S. The van der Waals surface area contributed by atoms with Crippen molar-refractivity contribution in [2.75, 3.05) is 25.5 Å². The van der Waals surface area contributed by atoms with Gasteiger partial charge in [0.1, 0.15) is 0 Å². The highest BCUT2D eigenvalue weighted by Crippen LogP contribution is 2.25. The Morgan fingerprint density at radius 1 is 1.14 bits per heavy atom. The van der Waals surface area contributed by atoms with Crippen LogP contribution in [0.5, 0.6) is 0 Å². The molecule has 0 aromatic heterocycles. The number of benzene rings is 2. The van der Waals surface area contributed by atoms with Crippen molar-refractivity contribution in [1.29, 1.82) is 0 Å². The molecule has 0 radical (unpaired) electrons. The largest absolute Gasteiger partial charge is 0.378 e. The van der Waals surface area contributed by atoms with E-state index in [-0.39, 0.29) is 16.8 Å². The zero-order valence-electron chi connectivity index (χ0n) is 17.3. The maximum Gasteiger partial charge on any atom is 0.251 e. The maximum atomic E-state index is 13.0. The molecule has 0 aliphatic carbocycles. The fourth-order valence-corrected chi connectivity index (χ4v) is 5.34. The van der Waals surface area contributed by atoms with Crippen LogP contribution in [-0.2, 0) is 16.6 Å². The molecule has 1 aliphatic heterocycles. The van der Waals surface area contributed by atoms with Gasteiger partial charge in [0.2, 0.25) is 10.0 Å². The lowest BCUT2D eigenvalue weighted by atomic mass is 10.1. The van der Waals surface area contributed by atoms with Crippen molar-refractivity contribution >= 4 is 21.6 Å². The van der Waals surface area contributed by atoms with Gasteiger partial charge < -0.3 is 10.2 Å². The topological polar surface area (TPSA) is 69.7 Å². The molecule has 3 rings (SSSR count). The van der Waals surface area contributed by atoms with Crippen molar-refractivity contribution in [2.24, 2.45) is 0 Å². The number of carbonyl (C=O) groups is 1. The summed E-state index contributed by atoms with van der Waals surface area (Å²) in [4.78, 5) is 14.8. The molecular weight excluding hydrogens is 386 g/mol. The molecule has 1 heterocycles. The predicted octanol–water partition coefficient (Wildman–Crippen LogP) is 3.25. The predicted molar refractivity (Wildman–Crippen MR) is 116 cm³/mol. The number of sulfonamides is 1. The fourth-order valence-electron chi connectivity index (χ4n) is 3.59. The van der Waals surface area contributed by atoms with E-state index >= 15 is 0 Å². The first-order valence-corrected chi connectivity index (χ1v) is 11.4. The van der Waals surface area contributed by atoms with Crippen LogP contribution in [0.3, 0.4) is 0 Å². The maximum absolute atomic E-state index is 13.0. The summed E-state index contributed by atoms with van der Waals surface area (Å²) in [5, 5.41) is 2.88. The summed E-state index contributed by atoms with van der Waals surface area (Å²) >= 11 is 0. The monoisotopic (exact) mass is 415 g/mol. The number of carbonyl (C=O) groups excluding carboxylic acids is 1. The Morgan fingerprint density at radius 2 is 1.90 bits per heavy atom. The Bertz CT molecular complexity index is 973. The van der Waals surface area contributed by atoms with Gasteiger partial charge in [-0.2, -0.15) is 4.31 Å². The van der Waals surface area contributed by atoms with Gasteiger partial charge in [-0.25, -0.2) is 8.42 Å².